The molecule has 0 aromatic heterocycles. The molecule has 0 aliphatic heterocycles. The number of hydrogen-bond donors (Lipinski definition) is 0. The molecule has 4 aromatic rings. The zero-order chi connectivity index (χ0) is 32.6. The van der Waals surface area contributed by atoms with Gasteiger partial charge in [-0.05, 0) is 0 Å². The average Bonchev–Trinajstić information content (AvgIpc) is 3.57. The summed E-state index contributed by atoms with van der Waals surface area (Å²) in [5.74, 6) is 0.535. The average molecular weight is 684 g/mol. The summed E-state index contributed by atoms with van der Waals surface area (Å²) < 4.78 is 3.91. The summed E-state index contributed by atoms with van der Waals surface area (Å²) in [5.41, 5.74) is 13.6. The summed E-state index contributed by atoms with van der Waals surface area (Å²) in [6.07, 6.45) is 9.93. The van der Waals surface area contributed by atoms with Crippen LogP contribution in [0.3, 0.4) is 0 Å². The summed E-state index contributed by atoms with van der Waals surface area (Å²) >= 11 is -2.88. The standard InChI is InChI=1S/C21H25.C13H10.C11H17.Zr/c1-20(2,3)16-7-9-18-14(12-16)11-15-13-17(21(4,5)6)8-10-19(15)18;1-3-7-12(8-4-1)11-13-9-5-2-6-10-13;1-3-5-10-7-8-11(9-10)6-4-2;/h7-13H,1-6H3;1-10H;7-8,10H,3-6H2,1-2H3;. The van der Waals surface area contributed by atoms with Crippen LogP contribution in [0.5, 0.6) is 0 Å². The fraction of sp³-hybridized carbons (Fsp3) is 0.356. The third-order valence-electron chi connectivity index (χ3n) is 10.1. The van der Waals surface area contributed by atoms with Crippen molar-refractivity contribution < 1.29 is 21.3 Å². The zero-order valence-electron chi connectivity index (χ0n) is 29.4. The van der Waals surface area contributed by atoms with E-state index in [1.54, 1.807) is 19.9 Å². The van der Waals surface area contributed by atoms with Gasteiger partial charge < -0.3 is 0 Å². The molecule has 0 heterocycles. The molecule has 0 saturated carbocycles. The molecule has 2 aliphatic carbocycles. The van der Waals surface area contributed by atoms with Crippen molar-refractivity contribution in [3.05, 3.63) is 151 Å². The first kappa shape index (κ1) is 33.0. The van der Waals surface area contributed by atoms with E-state index in [1.165, 1.54) is 59.1 Å². The molecule has 0 saturated heterocycles. The maximum atomic E-state index is 2.63. The van der Waals surface area contributed by atoms with Gasteiger partial charge in [0.2, 0.25) is 0 Å². The van der Waals surface area contributed by atoms with Gasteiger partial charge in [-0.15, -0.1) is 0 Å². The van der Waals surface area contributed by atoms with Gasteiger partial charge in [0, 0.05) is 0 Å². The minimum absolute atomic E-state index is 0.0894. The first-order valence-electron chi connectivity index (χ1n) is 17.6. The number of rotatable bonds is 8. The van der Waals surface area contributed by atoms with Crippen molar-refractivity contribution in [3.8, 4) is 11.1 Å². The molecule has 236 valence electrons. The van der Waals surface area contributed by atoms with E-state index >= 15 is 0 Å². The van der Waals surface area contributed by atoms with Crippen LogP contribution in [-0.2, 0) is 32.1 Å². The van der Waals surface area contributed by atoms with Gasteiger partial charge in [0.1, 0.15) is 0 Å². The third kappa shape index (κ3) is 6.34. The molecular weight excluding hydrogens is 632 g/mol. The maximum absolute atomic E-state index is 2.88. The number of benzene rings is 4. The Hall–Kier alpha value is -2.89. The second-order valence-electron chi connectivity index (χ2n) is 15.5. The summed E-state index contributed by atoms with van der Waals surface area (Å²) in [6, 6.07) is 38.0. The van der Waals surface area contributed by atoms with Crippen LogP contribution >= 0.6 is 0 Å². The van der Waals surface area contributed by atoms with Crippen LogP contribution < -0.4 is 0 Å². The Balaban J connectivity index is 1.80. The summed E-state index contributed by atoms with van der Waals surface area (Å²) in [7, 11) is 0. The summed E-state index contributed by atoms with van der Waals surface area (Å²) in [6.45, 7) is 19.0. The first-order chi connectivity index (χ1) is 22.0. The Kier molecular flexibility index (Phi) is 9.56. The van der Waals surface area contributed by atoms with E-state index in [4.69, 9.17) is 0 Å². The molecule has 1 heteroatoms. The van der Waals surface area contributed by atoms with Crippen molar-refractivity contribution >= 4 is 3.21 Å². The molecule has 2 aliphatic rings. The van der Waals surface area contributed by atoms with Gasteiger partial charge in [-0.1, -0.05) is 0 Å². The van der Waals surface area contributed by atoms with E-state index < -0.39 is 21.3 Å². The van der Waals surface area contributed by atoms with Gasteiger partial charge >= 0.3 is 288 Å². The van der Waals surface area contributed by atoms with E-state index in [1.807, 2.05) is 3.28 Å². The molecule has 0 radical (unpaired) electrons. The van der Waals surface area contributed by atoms with Gasteiger partial charge in [-0.25, -0.2) is 0 Å². The summed E-state index contributed by atoms with van der Waals surface area (Å²) in [5, 5.41) is 0. The fourth-order valence-electron chi connectivity index (χ4n) is 7.70. The van der Waals surface area contributed by atoms with Crippen LogP contribution in [0, 0.1) is 5.92 Å². The van der Waals surface area contributed by atoms with Crippen LogP contribution in [-0.4, -0.2) is 3.21 Å². The third-order valence-corrected chi connectivity index (χ3v) is 18.9. The van der Waals surface area contributed by atoms with E-state index in [0.29, 0.717) is 9.54 Å². The predicted molar refractivity (Wildman–Crippen MR) is 197 cm³/mol. The second-order valence-corrected chi connectivity index (χ2v) is 21.5. The van der Waals surface area contributed by atoms with E-state index in [2.05, 4.69) is 165 Å². The molecule has 1 atom stereocenters. The van der Waals surface area contributed by atoms with Gasteiger partial charge in [0.05, 0.1) is 0 Å². The molecule has 4 aromatic carbocycles. The Labute approximate surface area is 286 Å². The predicted octanol–water partition coefficient (Wildman–Crippen LogP) is 12.3. The Morgan fingerprint density at radius 1 is 0.630 bits per heavy atom. The Morgan fingerprint density at radius 3 is 1.57 bits per heavy atom. The van der Waals surface area contributed by atoms with Crippen LogP contribution in [0.4, 0.5) is 0 Å². The van der Waals surface area contributed by atoms with Gasteiger partial charge in [0.15, 0.2) is 0 Å². The molecule has 1 unspecified atom stereocenters. The molecular formula is C45H52Zr. The first-order valence-corrected chi connectivity index (χ1v) is 21.5. The van der Waals surface area contributed by atoms with Crippen molar-refractivity contribution in [3.63, 3.8) is 0 Å². The molecule has 0 amide bonds. The van der Waals surface area contributed by atoms with Crippen molar-refractivity contribution in [1.29, 1.82) is 0 Å². The molecule has 0 bridgehead atoms. The molecule has 46 heavy (non-hydrogen) atoms. The molecule has 0 nitrogen and oxygen atoms in total. The molecule has 0 spiro atoms. The fourth-order valence-corrected chi connectivity index (χ4v) is 17.8. The normalized spacial score (nSPS) is 16.1. The number of fused-ring (bicyclic) bond motifs is 3. The second kappa shape index (κ2) is 13.3. The number of hydrogen-bond acceptors (Lipinski definition) is 0. The molecule has 6 rings (SSSR count). The van der Waals surface area contributed by atoms with Gasteiger partial charge in [0.25, 0.3) is 0 Å². The van der Waals surface area contributed by atoms with Gasteiger partial charge in [-0.2, -0.15) is 0 Å². The topological polar surface area (TPSA) is 0 Å². The molecule has 0 N–H and O–H groups in total. The van der Waals surface area contributed by atoms with Gasteiger partial charge in [-0.3, -0.25) is 0 Å². The van der Waals surface area contributed by atoms with Crippen molar-refractivity contribution in [2.45, 2.75) is 95.5 Å². The van der Waals surface area contributed by atoms with E-state index in [0.717, 1.165) is 0 Å². The monoisotopic (exact) mass is 682 g/mol. The van der Waals surface area contributed by atoms with Crippen molar-refractivity contribution in [2.24, 2.45) is 5.92 Å². The SMILES string of the molecule is CCCC1=[C]([Zr](=[C](c2ccccc2)c2ccccc2)[CH]2c3cc(C(C)(C)C)ccc3-c3ccc(C(C)(C)C)cc32)C(CCC)C=C1. The van der Waals surface area contributed by atoms with Crippen LogP contribution in [0.25, 0.3) is 11.1 Å². The Morgan fingerprint density at radius 2 is 1.13 bits per heavy atom. The van der Waals surface area contributed by atoms with Crippen LogP contribution in [0.15, 0.2) is 118 Å². The minimum atomic E-state index is -2.88. The van der Waals surface area contributed by atoms with Crippen molar-refractivity contribution in [2.75, 3.05) is 0 Å². The molecule has 0 fully saturated rings. The van der Waals surface area contributed by atoms with E-state index in [9.17, 15) is 0 Å². The van der Waals surface area contributed by atoms with E-state index in [-0.39, 0.29) is 10.8 Å². The van der Waals surface area contributed by atoms with Crippen LogP contribution in [0.1, 0.15) is 118 Å². The quantitative estimate of drug-likeness (QED) is 0.173. The van der Waals surface area contributed by atoms with Crippen molar-refractivity contribution in [1.82, 2.24) is 0 Å². The summed E-state index contributed by atoms with van der Waals surface area (Å²) in [4.78, 5) is 0. The Bertz CT molecular complexity index is 1700. The van der Waals surface area contributed by atoms with Crippen LogP contribution in [0.2, 0.25) is 0 Å². The zero-order valence-corrected chi connectivity index (χ0v) is 31.8. The number of allylic oxidation sites excluding steroid dienone is 4.